The van der Waals surface area contributed by atoms with Crippen molar-refractivity contribution in [3.8, 4) is 11.5 Å². The first-order valence-electron chi connectivity index (χ1n) is 6.46. The zero-order chi connectivity index (χ0) is 14.1. The Morgan fingerprint density at radius 2 is 2.15 bits per heavy atom. The van der Waals surface area contributed by atoms with Gasteiger partial charge in [0.25, 0.3) is 0 Å². The Morgan fingerprint density at radius 1 is 1.30 bits per heavy atom. The van der Waals surface area contributed by atoms with Gasteiger partial charge in [-0.15, -0.1) is 0 Å². The van der Waals surface area contributed by atoms with Crippen LogP contribution in [0.25, 0.3) is 0 Å². The van der Waals surface area contributed by atoms with Crippen LogP contribution in [0, 0.1) is 12.7 Å². The molecule has 1 aliphatic heterocycles. The average Bonchev–Trinajstić information content (AvgIpc) is 2.81. The van der Waals surface area contributed by atoms with E-state index in [2.05, 4.69) is 28.9 Å². The molecular formula is C16H14BrFO2. The van der Waals surface area contributed by atoms with Gasteiger partial charge in [0.2, 0.25) is 0 Å². The molecule has 0 saturated carbocycles. The minimum absolute atomic E-state index is 0.0260. The number of hydrogen-bond acceptors (Lipinski definition) is 2. The van der Waals surface area contributed by atoms with Crippen molar-refractivity contribution >= 4 is 15.9 Å². The molecule has 1 unspecified atom stereocenters. The van der Waals surface area contributed by atoms with E-state index in [1.54, 1.807) is 6.07 Å². The third-order valence-electron chi connectivity index (χ3n) is 3.28. The summed E-state index contributed by atoms with van der Waals surface area (Å²) in [6.45, 7) is 2.46. The van der Waals surface area contributed by atoms with Gasteiger partial charge in [-0.25, -0.2) is 4.39 Å². The molecular weight excluding hydrogens is 323 g/mol. The molecule has 104 valence electrons. The first-order chi connectivity index (χ1) is 9.61. The second-order valence-electron chi connectivity index (χ2n) is 4.94. The first kappa shape index (κ1) is 13.4. The van der Waals surface area contributed by atoms with Gasteiger partial charge in [0, 0.05) is 12.5 Å². The standard InChI is InChI=1S/C16H14BrFO2/c1-10-2-5-15-11(6-10)7-13(20-15)9-19-16-8-12(18)3-4-14(16)17/h2-6,8,13H,7,9H2,1H3. The van der Waals surface area contributed by atoms with E-state index < -0.39 is 0 Å². The van der Waals surface area contributed by atoms with Crippen molar-refractivity contribution in [2.24, 2.45) is 0 Å². The summed E-state index contributed by atoms with van der Waals surface area (Å²) in [5.41, 5.74) is 2.43. The predicted octanol–water partition coefficient (Wildman–Crippen LogP) is 4.28. The molecule has 0 fully saturated rings. The van der Waals surface area contributed by atoms with Gasteiger partial charge in [-0.3, -0.25) is 0 Å². The highest BCUT2D eigenvalue weighted by Gasteiger charge is 2.23. The van der Waals surface area contributed by atoms with Crippen LogP contribution in [-0.2, 0) is 6.42 Å². The van der Waals surface area contributed by atoms with E-state index in [1.165, 1.54) is 23.3 Å². The number of rotatable bonds is 3. The van der Waals surface area contributed by atoms with Crippen LogP contribution in [0.3, 0.4) is 0 Å². The summed E-state index contributed by atoms with van der Waals surface area (Å²) in [4.78, 5) is 0. The zero-order valence-corrected chi connectivity index (χ0v) is 12.6. The lowest BCUT2D eigenvalue weighted by Gasteiger charge is -2.13. The van der Waals surface area contributed by atoms with Crippen LogP contribution in [-0.4, -0.2) is 12.7 Å². The molecule has 0 spiro atoms. The Bertz CT molecular complexity index is 642. The van der Waals surface area contributed by atoms with E-state index in [1.807, 2.05) is 12.1 Å². The SMILES string of the molecule is Cc1ccc2c(c1)CC(COc1cc(F)ccc1Br)O2. The largest absolute Gasteiger partial charge is 0.488 e. The van der Waals surface area contributed by atoms with Crippen LogP contribution in [0.15, 0.2) is 40.9 Å². The van der Waals surface area contributed by atoms with Gasteiger partial charge >= 0.3 is 0 Å². The number of benzene rings is 2. The van der Waals surface area contributed by atoms with Crippen molar-refractivity contribution in [1.82, 2.24) is 0 Å². The number of halogens is 2. The Hall–Kier alpha value is -1.55. The van der Waals surface area contributed by atoms with E-state index in [-0.39, 0.29) is 11.9 Å². The highest BCUT2D eigenvalue weighted by Crippen LogP contribution is 2.31. The van der Waals surface area contributed by atoms with E-state index in [9.17, 15) is 4.39 Å². The molecule has 0 amide bonds. The molecule has 0 aromatic heterocycles. The third-order valence-corrected chi connectivity index (χ3v) is 3.93. The van der Waals surface area contributed by atoms with Gasteiger partial charge < -0.3 is 9.47 Å². The van der Waals surface area contributed by atoms with Crippen molar-refractivity contribution < 1.29 is 13.9 Å². The lowest BCUT2D eigenvalue weighted by molar-refractivity contribution is 0.147. The lowest BCUT2D eigenvalue weighted by Crippen LogP contribution is -2.22. The summed E-state index contributed by atoms with van der Waals surface area (Å²) in [7, 11) is 0. The Balaban J connectivity index is 1.65. The molecule has 1 aliphatic rings. The molecule has 0 aliphatic carbocycles. The van der Waals surface area contributed by atoms with Gasteiger partial charge in [-0.05, 0) is 46.6 Å². The highest BCUT2D eigenvalue weighted by atomic mass is 79.9. The van der Waals surface area contributed by atoms with Crippen molar-refractivity contribution in [1.29, 1.82) is 0 Å². The predicted molar refractivity (Wildman–Crippen MR) is 78.9 cm³/mol. The van der Waals surface area contributed by atoms with E-state index >= 15 is 0 Å². The monoisotopic (exact) mass is 336 g/mol. The van der Waals surface area contributed by atoms with Crippen LogP contribution < -0.4 is 9.47 Å². The smallest absolute Gasteiger partial charge is 0.137 e. The first-order valence-corrected chi connectivity index (χ1v) is 7.25. The summed E-state index contributed by atoms with van der Waals surface area (Å²) in [5, 5.41) is 0. The molecule has 3 rings (SSSR count). The van der Waals surface area contributed by atoms with Crippen molar-refractivity contribution in [3.05, 3.63) is 57.8 Å². The van der Waals surface area contributed by atoms with Crippen molar-refractivity contribution in [2.75, 3.05) is 6.61 Å². The molecule has 0 radical (unpaired) electrons. The van der Waals surface area contributed by atoms with Crippen LogP contribution in [0.5, 0.6) is 11.5 Å². The zero-order valence-electron chi connectivity index (χ0n) is 11.0. The molecule has 4 heteroatoms. The molecule has 2 nitrogen and oxygen atoms in total. The molecule has 0 saturated heterocycles. The molecule has 2 aromatic carbocycles. The second-order valence-corrected chi connectivity index (χ2v) is 5.80. The third kappa shape index (κ3) is 2.80. The highest BCUT2D eigenvalue weighted by molar-refractivity contribution is 9.10. The van der Waals surface area contributed by atoms with Crippen LogP contribution in [0.2, 0.25) is 0 Å². The number of fused-ring (bicyclic) bond motifs is 1. The molecule has 2 aromatic rings. The maximum Gasteiger partial charge on any atom is 0.137 e. The molecule has 0 N–H and O–H groups in total. The summed E-state index contributed by atoms with van der Waals surface area (Å²) < 4.78 is 25.4. The summed E-state index contributed by atoms with van der Waals surface area (Å²) >= 11 is 3.35. The summed E-state index contributed by atoms with van der Waals surface area (Å²) in [6, 6.07) is 10.6. The van der Waals surface area contributed by atoms with Crippen molar-refractivity contribution in [2.45, 2.75) is 19.4 Å². The summed E-state index contributed by atoms with van der Waals surface area (Å²) in [5.74, 6) is 1.11. The Labute approximate surface area is 125 Å². The fourth-order valence-electron chi connectivity index (χ4n) is 2.31. The fourth-order valence-corrected chi connectivity index (χ4v) is 2.67. The van der Waals surface area contributed by atoms with Gasteiger partial charge in [-0.2, -0.15) is 0 Å². The quantitative estimate of drug-likeness (QED) is 0.832. The molecule has 1 heterocycles. The van der Waals surface area contributed by atoms with Crippen LogP contribution in [0.4, 0.5) is 4.39 Å². The normalized spacial score (nSPS) is 16.6. The number of hydrogen-bond donors (Lipinski definition) is 0. The fraction of sp³-hybridized carbons (Fsp3) is 0.250. The molecule has 0 bridgehead atoms. The van der Waals surface area contributed by atoms with Crippen molar-refractivity contribution in [3.63, 3.8) is 0 Å². The van der Waals surface area contributed by atoms with Crippen LogP contribution in [0.1, 0.15) is 11.1 Å². The number of ether oxygens (including phenoxy) is 2. The number of aryl methyl sites for hydroxylation is 1. The molecule has 1 atom stereocenters. The molecule has 20 heavy (non-hydrogen) atoms. The van der Waals surface area contributed by atoms with Gasteiger partial charge in [0.15, 0.2) is 0 Å². The van der Waals surface area contributed by atoms with Gasteiger partial charge in [0.1, 0.15) is 30.0 Å². The summed E-state index contributed by atoms with van der Waals surface area (Å²) in [6.07, 6.45) is 0.797. The minimum atomic E-state index is -0.311. The maximum atomic E-state index is 13.2. The Kier molecular flexibility index (Phi) is 3.66. The van der Waals surface area contributed by atoms with E-state index in [0.717, 1.165) is 16.6 Å². The minimum Gasteiger partial charge on any atom is -0.488 e. The Morgan fingerprint density at radius 3 is 3.00 bits per heavy atom. The topological polar surface area (TPSA) is 18.5 Å². The average molecular weight is 337 g/mol. The second kappa shape index (κ2) is 5.44. The van der Waals surface area contributed by atoms with Gasteiger partial charge in [0.05, 0.1) is 4.47 Å². The van der Waals surface area contributed by atoms with E-state index in [4.69, 9.17) is 9.47 Å². The van der Waals surface area contributed by atoms with Gasteiger partial charge in [-0.1, -0.05) is 17.7 Å². The maximum absolute atomic E-state index is 13.2. The van der Waals surface area contributed by atoms with Crippen LogP contribution >= 0.6 is 15.9 Å². The lowest BCUT2D eigenvalue weighted by atomic mass is 10.1. The van der Waals surface area contributed by atoms with E-state index in [0.29, 0.717) is 12.4 Å².